The lowest BCUT2D eigenvalue weighted by Gasteiger charge is -2.08. The van der Waals surface area contributed by atoms with Gasteiger partial charge in [0.25, 0.3) is 0 Å². The number of aliphatic carboxylic acids is 1. The Morgan fingerprint density at radius 3 is 0.708 bits per heavy atom. The van der Waals surface area contributed by atoms with Crippen molar-refractivity contribution in [3.8, 4) is 0 Å². The Kier molecular flexibility index (Phi) is 46.4. The van der Waals surface area contributed by atoms with E-state index in [1.165, 1.54) is 0 Å². The van der Waals surface area contributed by atoms with Crippen molar-refractivity contribution in [2.75, 3.05) is 159 Å². The standard InChI is InChI=1S/C17H34O7.C16H32O8/c1-3-5-19-7-9-21-11-13-23-15-16-24-14-12-22-10-8-20-6-4-17(2)18;1-2-4-19-6-8-21-10-12-23-14-15-24-13-11-22-9-7-20-5-3-16(17)18/h3-16H2,1-2H3;2-15H2,1H3,(H,17,18). The molecule has 1 N–H and O–H groups in total. The van der Waals surface area contributed by atoms with Gasteiger partial charge in [0.15, 0.2) is 0 Å². The summed E-state index contributed by atoms with van der Waals surface area (Å²) in [5.41, 5.74) is 0. The van der Waals surface area contributed by atoms with Crippen LogP contribution in [-0.4, -0.2) is 175 Å². The van der Waals surface area contributed by atoms with Gasteiger partial charge in [0.05, 0.1) is 152 Å². The Bertz CT molecular complexity index is 576. The van der Waals surface area contributed by atoms with Crippen molar-refractivity contribution in [2.45, 2.75) is 46.5 Å². The molecule has 0 rings (SSSR count). The molecule has 0 aliphatic rings. The Morgan fingerprint density at radius 1 is 0.333 bits per heavy atom. The zero-order valence-electron chi connectivity index (χ0n) is 30.0. The zero-order valence-corrected chi connectivity index (χ0v) is 30.0. The minimum Gasteiger partial charge on any atom is -0.481 e. The van der Waals surface area contributed by atoms with Gasteiger partial charge in [-0.05, 0) is 19.8 Å². The van der Waals surface area contributed by atoms with E-state index in [2.05, 4.69) is 13.8 Å². The first kappa shape index (κ1) is 48.8. The minimum atomic E-state index is -0.862. The molecule has 15 heteroatoms. The average Bonchev–Trinajstić information content (AvgIpc) is 3.07. The second kappa shape index (κ2) is 45.7. The molecule has 0 radical (unpaired) electrons. The minimum absolute atomic E-state index is 0.0147. The number of carbonyl (C=O) groups excluding carboxylic acids is 1. The maximum Gasteiger partial charge on any atom is 0.305 e. The number of ether oxygens (including phenoxy) is 12. The maximum absolute atomic E-state index is 10.7. The predicted molar refractivity (Wildman–Crippen MR) is 178 cm³/mol. The smallest absolute Gasteiger partial charge is 0.305 e. The molecule has 15 nitrogen and oxygen atoms in total. The van der Waals surface area contributed by atoms with Crippen LogP contribution in [0.3, 0.4) is 0 Å². The molecule has 0 fully saturated rings. The number of carbonyl (C=O) groups is 2. The van der Waals surface area contributed by atoms with Gasteiger partial charge in [-0.1, -0.05) is 13.8 Å². The highest BCUT2D eigenvalue weighted by atomic mass is 16.6. The molecule has 0 heterocycles. The van der Waals surface area contributed by atoms with E-state index in [4.69, 9.17) is 61.9 Å². The molecule has 0 aromatic carbocycles. The van der Waals surface area contributed by atoms with Crippen molar-refractivity contribution in [3.63, 3.8) is 0 Å². The van der Waals surface area contributed by atoms with E-state index in [0.29, 0.717) is 145 Å². The first-order valence-electron chi connectivity index (χ1n) is 17.2. The first-order chi connectivity index (χ1) is 23.5. The van der Waals surface area contributed by atoms with Crippen LogP contribution in [0.1, 0.15) is 46.5 Å². The fourth-order valence-electron chi connectivity index (χ4n) is 3.07. The number of Topliss-reactive ketones (excluding diaryl/α,β-unsaturated/α-hetero) is 1. The fraction of sp³-hybridized carbons (Fsp3) is 0.939. The highest BCUT2D eigenvalue weighted by Gasteiger charge is 1.98. The van der Waals surface area contributed by atoms with E-state index in [-0.39, 0.29) is 18.8 Å². The number of carboxylic acid groups (broad SMARTS) is 1. The topological polar surface area (TPSA) is 165 Å². The van der Waals surface area contributed by atoms with Gasteiger partial charge in [0, 0.05) is 19.6 Å². The van der Waals surface area contributed by atoms with Gasteiger partial charge in [-0.25, -0.2) is 0 Å². The van der Waals surface area contributed by atoms with E-state index in [9.17, 15) is 9.59 Å². The lowest BCUT2D eigenvalue weighted by Crippen LogP contribution is -2.14. The van der Waals surface area contributed by atoms with Crippen LogP contribution in [0.15, 0.2) is 0 Å². The van der Waals surface area contributed by atoms with E-state index in [1.807, 2.05) is 0 Å². The summed E-state index contributed by atoms with van der Waals surface area (Å²) in [5.74, 6) is -0.724. The maximum atomic E-state index is 10.7. The van der Waals surface area contributed by atoms with Gasteiger partial charge < -0.3 is 61.9 Å². The highest BCUT2D eigenvalue weighted by molar-refractivity contribution is 5.75. The number of ketones is 1. The molecule has 0 spiro atoms. The summed E-state index contributed by atoms with van der Waals surface area (Å²) < 4.78 is 63.6. The molecule has 0 atom stereocenters. The van der Waals surface area contributed by atoms with Crippen LogP contribution >= 0.6 is 0 Å². The molecule has 0 aliphatic carbocycles. The summed E-state index contributed by atoms with van der Waals surface area (Å²) in [6, 6.07) is 0. The summed E-state index contributed by atoms with van der Waals surface area (Å²) in [6.45, 7) is 18.6. The van der Waals surface area contributed by atoms with Crippen LogP contribution in [0.2, 0.25) is 0 Å². The van der Waals surface area contributed by atoms with Gasteiger partial charge in [0.2, 0.25) is 0 Å². The normalized spacial score (nSPS) is 11.1. The van der Waals surface area contributed by atoms with Crippen LogP contribution in [0, 0.1) is 0 Å². The van der Waals surface area contributed by atoms with Crippen LogP contribution in [-0.2, 0) is 66.4 Å². The molecule has 0 amide bonds. The van der Waals surface area contributed by atoms with Crippen molar-refractivity contribution in [2.24, 2.45) is 0 Å². The molecule has 0 aromatic heterocycles. The molecule has 0 aromatic rings. The summed E-state index contributed by atoms with van der Waals surface area (Å²) in [4.78, 5) is 20.9. The second-order valence-electron chi connectivity index (χ2n) is 9.94. The van der Waals surface area contributed by atoms with Gasteiger partial charge in [-0.15, -0.1) is 0 Å². The number of carboxylic acids is 1. The van der Waals surface area contributed by atoms with E-state index >= 15 is 0 Å². The zero-order chi connectivity index (χ0) is 35.4. The van der Waals surface area contributed by atoms with Crippen molar-refractivity contribution in [1.82, 2.24) is 0 Å². The molecule has 288 valence electrons. The summed E-state index contributed by atoms with van der Waals surface area (Å²) in [7, 11) is 0. The third kappa shape index (κ3) is 51.5. The SMILES string of the molecule is CCCOCCOCCOCCOCCOCCOCCC(=O)O.CCCOCCOCCOCCOCCOCCOCCC(C)=O. The van der Waals surface area contributed by atoms with E-state index in [0.717, 1.165) is 26.1 Å². The molecule has 0 bridgehead atoms. The van der Waals surface area contributed by atoms with Crippen LogP contribution in [0.5, 0.6) is 0 Å². The summed E-state index contributed by atoms with van der Waals surface area (Å²) in [6.07, 6.45) is 2.53. The Hall–Kier alpha value is -1.34. The van der Waals surface area contributed by atoms with Crippen LogP contribution in [0.4, 0.5) is 0 Å². The van der Waals surface area contributed by atoms with Gasteiger partial charge in [-0.2, -0.15) is 0 Å². The van der Waals surface area contributed by atoms with E-state index in [1.54, 1.807) is 6.92 Å². The summed E-state index contributed by atoms with van der Waals surface area (Å²) in [5, 5.41) is 8.41. The molecule has 48 heavy (non-hydrogen) atoms. The largest absolute Gasteiger partial charge is 0.481 e. The Morgan fingerprint density at radius 2 is 0.521 bits per heavy atom. The second-order valence-corrected chi connectivity index (χ2v) is 9.94. The molecular formula is C33H66O15. The third-order valence-corrected chi connectivity index (χ3v) is 5.48. The fourth-order valence-corrected chi connectivity index (χ4v) is 3.07. The van der Waals surface area contributed by atoms with Gasteiger partial charge >= 0.3 is 5.97 Å². The molecule has 0 unspecified atom stereocenters. The summed E-state index contributed by atoms with van der Waals surface area (Å²) >= 11 is 0. The van der Waals surface area contributed by atoms with Gasteiger partial charge in [0.1, 0.15) is 5.78 Å². The van der Waals surface area contributed by atoms with Crippen LogP contribution < -0.4 is 0 Å². The van der Waals surface area contributed by atoms with Crippen LogP contribution in [0.25, 0.3) is 0 Å². The monoisotopic (exact) mass is 702 g/mol. The van der Waals surface area contributed by atoms with Crippen molar-refractivity contribution < 1.29 is 71.5 Å². The number of hydrogen-bond acceptors (Lipinski definition) is 14. The Balaban J connectivity index is 0. The first-order valence-corrected chi connectivity index (χ1v) is 17.2. The molecule has 0 aliphatic heterocycles. The average molecular weight is 703 g/mol. The lowest BCUT2D eigenvalue weighted by atomic mass is 10.3. The van der Waals surface area contributed by atoms with Crippen molar-refractivity contribution in [3.05, 3.63) is 0 Å². The number of hydrogen-bond donors (Lipinski definition) is 1. The van der Waals surface area contributed by atoms with Crippen molar-refractivity contribution >= 4 is 11.8 Å². The molecule has 0 saturated carbocycles. The number of rotatable bonds is 40. The third-order valence-electron chi connectivity index (χ3n) is 5.48. The van der Waals surface area contributed by atoms with E-state index < -0.39 is 5.97 Å². The predicted octanol–water partition coefficient (Wildman–Crippen LogP) is 2.45. The van der Waals surface area contributed by atoms with Gasteiger partial charge in [-0.3, -0.25) is 9.59 Å². The van der Waals surface area contributed by atoms with Crippen molar-refractivity contribution in [1.29, 1.82) is 0 Å². The lowest BCUT2D eigenvalue weighted by molar-refractivity contribution is -0.138. The molecule has 0 saturated heterocycles. The highest BCUT2D eigenvalue weighted by Crippen LogP contribution is 1.89. The quantitative estimate of drug-likeness (QED) is 0.0925. The Labute approximate surface area is 288 Å². The molecular weight excluding hydrogens is 636 g/mol.